The van der Waals surface area contributed by atoms with E-state index in [-0.39, 0.29) is 23.0 Å². The Morgan fingerprint density at radius 3 is 2.93 bits per heavy atom. The number of aromatic nitrogens is 1. The Hall–Kier alpha value is -1.58. The average Bonchev–Trinajstić information content (AvgIpc) is 2.18. The second-order valence-electron chi connectivity index (χ2n) is 2.88. The monoisotopic (exact) mass is 195 g/mol. The van der Waals surface area contributed by atoms with Gasteiger partial charge in [0.1, 0.15) is 0 Å². The molecule has 1 N–H and O–H groups in total. The molecule has 0 unspecified atom stereocenters. The Morgan fingerprint density at radius 2 is 2.36 bits per heavy atom. The number of ether oxygens (including phenoxy) is 1. The number of hydrogen-bond acceptors (Lipinski definition) is 4. The van der Waals surface area contributed by atoms with E-state index in [2.05, 4.69) is 4.98 Å². The van der Waals surface area contributed by atoms with Crippen LogP contribution < -0.4 is 4.74 Å². The number of methoxy groups -OCH3 is 1. The molecule has 0 atom stereocenters. The maximum absolute atomic E-state index is 11.5. The van der Waals surface area contributed by atoms with Gasteiger partial charge in [-0.15, -0.1) is 0 Å². The topological polar surface area (TPSA) is 59.4 Å². The van der Waals surface area contributed by atoms with Gasteiger partial charge in [0, 0.05) is 18.7 Å². The van der Waals surface area contributed by atoms with Crippen molar-refractivity contribution in [3.63, 3.8) is 0 Å². The zero-order valence-electron chi connectivity index (χ0n) is 8.28. The summed E-state index contributed by atoms with van der Waals surface area (Å²) in [6.07, 6.45) is 2.56. The molecule has 0 aliphatic heterocycles. The number of carbonyl (C=O) groups excluding carboxylic acids is 1. The maximum Gasteiger partial charge on any atom is 0.187 e. The van der Waals surface area contributed by atoms with Crippen LogP contribution >= 0.6 is 0 Å². The first kappa shape index (κ1) is 10.5. The third-order valence-corrected chi connectivity index (χ3v) is 1.85. The number of rotatable bonds is 4. The highest BCUT2D eigenvalue weighted by molar-refractivity contribution is 5.97. The van der Waals surface area contributed by atoms with Crippen LogP contribution in [0.15, 0.2) is 12.3 Å². The summed E-state index contributed by atoms with van der Waals surface area (Å²) in [5, 5.41) is 9.58. The lowest BCUT2D eigenvalue weighted by molar-refractivity contribution is 0.0973. The van der Waals surface area contributed by atoms with Gasteiger partial charge in [-0.25, -0.2) is 4.98 Å². The minimum Gasteiger partial charge on any atom is -0.503 e. The fourth-order valence-electron chi connectivity index (χ4n) is 1.15. The molecule has 0 bridgehead atoms. The summed E-state index contributed by atoms with van der Waals surface area (Å²) in [6.45, 7) is 1.90. The number of nitrogens with zero attached hydrogens (tertiary/aromatic N) is 1. The molecule has 1 rings (SSSR count). The second-order valence-corrected chi connectivity index (χ2v) is 2.88. The largest absolute Gasteiger partial charge is 0.503 e. The summed E-state index contributed by atoms with van der Waals surface area (Å²) >= 11 is 0. The molecule has 0 fully saturated rings. The molecule has 0 amide bonds. The number of ketones is 1. The van der Waals surface area contributed by atoms with Crippen molar-refractivity contribution in [2.45, 2.75) is 19.8 Å². The Balaban J connectivity index is 3.03. The van der Waals surface area contributed by atoms with Gasteiger partial charge in [0.25, 0.3) is 0 Å². The predicted molar refractivity (Wildman–Crippen MR) is 51.7 cm³/mol. The zero-order chi connectivity index (χ0) is 10.6. The lowest BCUT2D eigenvalue weighted by Gasteiger charge is -2.05. The molecule has 1 aromatic heterocycles. The summed E-state index contributed by atoms with van der Waals surface area (Å²) < 4.78 is 4.87. The number of Topliss-reactive ketones (excluding diaryl/α,β-unsaturated/α-hetero) is 1. The van der Waals surface area contributed by atoms with Gasteiger partial charge >= 0.3 is 0 Å². The van der Waals surface area contributed by atoms with Crippen LogP contribution in [0.3, 0.4) is 0 Å². The van der Waals surface area contributed by atoms with Crippen LogP contribution in [0.2, 0.25) is 0 Å². The molecule has 0 spiro atoms. The van der Waals surface area contributed by atoms with Crippen molar-refractivity contribution in [3.8, 4) is 11.5 Å². The van der Waals surface area contributed by atoms with Gasteiger partial charge in [0.05, 0.1) is 7.11 Å². The van der Waals surface area contributed by atoms with E-state index < -0.39 is 0 Å². The van der Waals surface area contributed by atoms with Gasteiger partial charge in [0.2, 0.25) is 0 Å². The van der Waals surface area contributed by atoms with E-state index in [9.17, 15) is 9.90 Å². The third-order valence-electron chi connectivity index (χ3n) is 1.85. The molecule has 14 heavy (non-hydrogen) atoms. The number of carbonyl (C=O) groups is 1. The number of hydrogen-bond donors (Lipinski definition) is 1. The van der Waals surface area contributed by atoms with E-state index >= 15 is 0 Å². The molecule has 0 aliphatic carbocycles. The van der Waals surface area contributed by atoms with Crippen molar-refractivity contribution in [1.29, 1.82) is 0 Å². The minimum absolute atomic E-state index is 0.0891. The molecule has 0 aliphatic rings. The van der Waals surface area contributed by atoms with Gasteiger partial charge in [0.15, 0.2) is 23.0 Å². The van der Waals surface area contributed by atoms with Crippen LogP contribution in [0.1, 0.15) is 30.3 Å². The third kappa shape index (κ3) is 2.02. The molecule has 76 valence electrons. The summed E-state index contributed by atoms with van der Waals surface area (Å²) in [7, 11) is 1.43. The lowest BCUT2D eigenvalue weighted by Crippen LogP contribution is -2.02. The van der Waals surface area contributed by atoms with Crippen molar-refractivity contribution in [2.75, 3.05) is 7.11 Å². The molecular weight excluding hydrogens is 182 g/mol. The first-order valence-corrected chi connectivity index (χ1v) is 4.45. The van der Waals surface area contributed by atoms with Gasteiger partial charge < -0.3 is 9.84 Å². The van der Waals surface area contributed by atoms with E-state index in [1.54, 1.807) is 0 Å². The molecule has 1 heterocycles. The smallest absolute Gasteiger partial charge is 0.187 e. The minimum atomic E-state index is -0.173. The summed E-state index contributed by atoms with van der Waals surface area (Å²) in [5.41, 5.74) is 0.0891. The van der Waals surface area contributed by atoms with Crippen molar-refractivity contribution in [2.24, 2.45) is 0 Å². The summed E-state index contributed by atoms with van der Waals surface area (Å²) in [6, 6.07) is 1.51. The first-order valence-electron chi connectivity index (χ1n) is 4.45. The van der Waals surface area contributed by atoms with Gasteiger partial charge in [-0.3, -0.25) is 4.79 Å². The maximum atomic E-state index is 11.5. The van der Waals surface area contributed by atoms with Gasteiger partial charge in [-0.05, 0) is 6.42 Å². The van der Waals surface area contributed by atoms with Gasteiger partial charge in [-0.1, -0.05) is 6.92 Å². The summed E-state index contributed by atoms with van der Waals surface area (Å²) in [5.74, 6) is -0.0585. The van der Waals surface area contributed by atoms with E-state index in [1.807, 2.05) is 6.92 Å². The average molecular weight is 195 g/mol. The van der Waals surface area contributed by atoms with Crippen LogP contribution in [0.5, 0.6) is 11.5 Å². The Bertz CT molecular complexity index is 336. The van der Waals surface area contributed by atoms with E-state index in [0.29, 0.717) is 6.42 Å². The number of pyridine rings is 1. The highest BCUT2D eigenvalue weighted by Gasteiger charge is 2.15. The molecular formula is C10H13NO3. The van der Waals surface area contributed by atoms with Crippen molar-refractivity contribution in [3.05, 3.63) is 18.0 Å². The molecule has 0 radical (unpaired) electrons. The molecule has 0 aromatic carbocycles. The lowest BCUT2D eigenvalue weighted by atomic mass is 10.1. The number of aromatic hydroxyl groups is 1. The first-order chi connectivity index (χ1) is 6.70. The van der Waals surface area contributed by atoms with Gasteiger partial charge in [-0.2, -0.15) is 0 Å². The highest BCUT2D eigenvalue weighted by Crippen LogP contribution is 2.28. The van der Waals surface area contributed by atoms with Crippen LogP contribution in [-0.4, -0.2) is 23.0 Å². The molecule has 4 heteroatoms. The molecule has 4 nitrogen and oxygen atoms in total. The fourth-order valence-corrected chi connectivity index (χ4v) is 1.15. The SMILES string of the molecule is CCCC(=O)c1nccc(OC)c1O. The van der Waals surface area contributed by atoms with Crippen molar-refractivity contribution < 1.29 is 14.6 Å². The van der Waals surface area contributed by atoms with E-state index in [4.69, 9.17) is 4.74 Å². The quantitative estimate of drug-likeness (QED) is 0.744. The van der Waals surface area contributed by atoms with Crippen LogP contribution in [-0.2, 0) is 0 Å². The standard InChI is InChI=1S/C10H13NO3/c1-3-4-7(12)9-10(13)8(14-2)5-6-11-9/h5-6,13H,3-4H2,1-2H3. The predicted octanol–water partition coefficient (Wildman–Crippen LogP) is 1.78. The van der Waals surface area contributed by atoms with Crippen molar-refractivity contribution >= 4 is 5.78 Å². The van der Waals surface area contributed by atoms with E-state index in [1.165, 1.54) is 19.4 Å². The van der Waals surface area contributed by atoms with Crippen LogP contribution in [0.4, 0.5) is 0 Å². The summed E-state index contributed by atoms with van der Waals surface area (Å²) in [4.78, 5) is 15.3. The zero-order valence-corrected chi connectivity index (χ0v) is 8.28. The fraction of sp³-hybridized carbons (Fsp3) is 0.400. The Labute approximate surface area is 82.5 Å². The highest BCUT2D eigenvalue weighted by atomic mass is 16.5. The van der Waals surface area contributed by atoms with E-state index in [0.717, 1.165) is 6.42 Å². The van der Waals surface area contributed by atoms with Crippen molar-refractivity contribution in [1.82, 2.24) is 4.98 Å². The Kier molecular flexibility index (Phi) is 3.45. The molecule has 0 saturated heterocycles. The van der Waals surface area contributed by atoms with Crippen LogP contribution in [0.25, 0.3) is 0 Å². The van der Waals surface area contributed by atoms with Crippen LogP contribution in [0, 0.1) is 0 Å². The molecule has 0 saturated carbocycles. The second kappa shape index (κ2) is 4.60. The molecule has 1 aromatic rings. The Morgan fingerprint density at radius 1 is 1.64 bits per heavy atom. The normalized spacial score (nSPS) is 9.86.